The van der Waals surface area contributed by atoms with E-state index in [1.54, 1.807) is 0 Å². The third kappa shape index (κ3) is 3.48. The molecule has 0 spiro atoms. The molecular weight excluding hydrogens is 214 g/mol. The number of carboxylic acid groups (broad SMARTS) is 1. The van der Waals surface area contributed by atoms with E-state index in [4.69, 9.17) is 5.11 Å². The van der Waals surface area contributed by atoms with Crippen LogP contribution in [0.15, 0.2) is 12.1 Å². The van der Waals surface area contributed by atoms with Gasteiger partial charge in [0.2, 0.25) is 0 Å². The summed E-state index contributed by atoms with van der Waals surface area (Å²) < 4.78 is 0. The third-order valence-corrected chi connectivity index (χ3v) is 2.77. The highest BCUT2D eigenvalue weighted by Gasteiger charge is 2.14. The molecule has 1 aromatic rings. The Morgan fingerprint density at radius 3 is 2.18 bits per heavy atom. The number of benzene rings is 1. The van der Waals surface area contributed by atoms with Crippen LogP contribution >= 0.6 is 0 Å². The van der Waals surface area contributed by atoms with Gasteiger partial charge >= 0.3 is 5.97 Å². The van der Waals surface area contributed by atoms with Gasteiger partial charge in [0.05, 0.1) is 0 Å². The molecule has 0 aliphatic carbocycles. The van der Waals surface area contributed by atoms with Crippen LogP contribution < -0.4 is 4.90 Å². The topological polar surface area (TPSA) is 40.5 Å². The molecule has 0 atom stereocenters. The monoisotopic (exact) mass is 235 g/mol. The minimum Gasteiger partial charge on any atom is -0.480 e. The number of carboxylic acids is 1. The molecule has 0 fully saturated rings. The normalized spacial score (nSPS) is 10.4. The standard InChI is InChI=1S/C14H21NO2/c1-5-6-15(9-13(16)17)14-11(3)7-10(2)8-12(14)4/h7-8H,5-6,9H2,1-4H3,(H,16,17). The minimum absolute atomic E-state index is 0.0680. The number of nitrogens with zero attached hydrogens (tertiary/aromatic N) is 1. The fourth-order valence-electron chi connectivity index (χ4n) is 2.37. The Morgan fingerprint density at radius 2 is 1.76 bits per heavy atom. The van der Waals surface area contributed by atoms with Crippen LogP contribution in [0.5, 0.6) is 0 Å². The highest BCUT2D eigenvalue weighted by molar-refractivity contribution is 5.75. The van der Waals surface area contributed by atoms with Gasteiger partial charge in [0.25, 0.3) is 0 Å². The zero-order chi connectivity index (χ0) is 13.0. The predicted molar refractivity (Wildman–Crippen MR) is 70.8 cm³/mol. The average Bonchev–Trinajstić information content (AvgIpc) is 2.14. The van der Waals surface area contributed by atoms with Gasteiger partial charge in [0.1, 0.15) is 6.54 Å². The molecule has 3 heteroatoms. The highest BCUT2D eigenvalue weighted by Crippen LogP contribution is 2.26. The van der Waals surface area contributed by atoms with Crippen LogP contribution in [-0.4, -0.2) is 24.2 Å². The van der Waals surface area contributed by atoms with Crippen molar-refractivity contribution in [3.63, 3.8) is 0 Å². The lowest BCUT2D eigenvalue weighted by Crippen LogP contribution is -2.31. The van der Waals surface area contributed by atoms with Gasteiger partial charge in [-0.3, -0.25) is 4.79 Å². The van der Waals surface area contributed by atoms with Gasteiger partial charge in [-0.2, -0.15) is 0 Å². The van der Waals surface area contributed by atoms with Crippen LogP contribution in [0.4, 0.5) is 5.69 Å². The van der Waals surface area contributed by atoms with Crippen LogP contribution in [0.2, 0.25) is 0 Å². The highest BCUT2D eigenvalue weighted by atomic mass is 16.4. The van der Waals surface area contributed by atoms with Gasteiger partial charge in [-0.1, -0.05) is 24.6 Å². The zero-order valence-corrected chi connectivity index (χ0v) is 11.1. The molecule has 0 saturated heterocycles. The summed E-state index contributed by atoms with van der Waals surface area (Å²) in [4.78, 5) is 12.9. The maximum absolute atomic E-state index is 10.9. The van der Waals surface area contributed by atoms with E-state index >= 15 is 0 Å². The fraction of sp³-hybridized carbons (Fsp3) is 0.500. The summed E-state index contributed by atoms with van der Waals surface area (Å²) in [5, 5.41) is 8.97. The summed E-state index contributed by atoms with van der Waals surface area (Å²) in [5.41, 5.74) is 4.59. The van der Waals surface area contributed by atoms with Gasteiger partial charge in [0.15, 0.2) is 0 Å². The number of carbonyl (C=O) groups is 1. The van der Waals surface area contributed by atoms with Crippen LogP contribution in [0, 0.1) is 20.8 Å². The average molecular weight is 235 g/mol. The Bertz CT molecular complexity index is 390. The second-order valence-electron chi connectivity index (χ2n) is 4.56. The van der Waals surface area contributed by atoms with E-state index in [0.29, 0.717) is 0 Å². The number of rotatable bonds is 5. The SMILES string of the molecule is CCCN(CC(=O)O)c1c(C)cc(C)cc1C. The Labute approximate surface area is 103 Å². The van der Waals surface area contributed by atoms with Crippen LogP contribution in [0.3, 0.4) is 0 Å². The smallest absolute Gasteiger partial charge is 0.323 e. The van der Waals surface area contributed by atoms with Crippen LogP contribution in [0.25, 0.3) is 0 Å². The molecule has 0 bridgehead atoms. The van der Waals surface area contributed by atoms with Gasteiger partial charge in [-0.25, -0.2) is 0 Å². The predicted octanol–water partition coefficient (Wildman–Crippen LogP) is 2.91. The molecule has 0 aliphatic rings. The number of hydrogen-bond donors (Lipinski definition) is 1. The van der Waals surface area contributed by atoms with Crippen molar-refractivity contribution in [2.24, 2.45) is 0 Å². The third-order valence-electron chi connectivity index (χ3n) is 2.77. The van der Waals surface area contributed by atoms with Gasteiger partial charge in [-0.15, -0.1) is 0 Å². The summed E-state index contributed by atoms with van der Waals surface area (Å²) in [7, 11) is 0. The van der Waals surface area contributed by atoms with Crippen molar-refractivity contribution in [3.05, 3.63) is 28.8 Å². The molecular formula is C14H21NO2. The zero-order valence-electron chi connectivity index (χ0n) is 11.1. The van der Waals surface area contributed by atoms with Crippen molar-refractivity contribution in [2.75, 3.05) is 18.0 Å². The number of anilines is 1. The molecule has 0 heterocycles. The van der Waals surface area contributed by atoms with E-state index in [1.165, 1.54) is 5.56 Å². The van der Waals surface area contributed by atoms with Gasteiger partial charge in [-0.05, 0) is 38.3 Å². The summed E-state index contributed by atoms with van der Waals surface area (Å²) in [6, 6.07) is 4.21. The Morgan fingerprint density at radius 1 is 1.24 bits per heavy atom. The molecule has 0 saturated carbocycles. The molecule has 0 unspecified atom stereocenters. The van der Waals surface area contributed by atoms with E-state index in [2.05, 4.69) is 26.0 Å². The van der Waals surface area contributed by atoms with E-state index in [0.717, 1.165) is 29.8 Å². The largest absolute Gasteiger partial charge is 0.480 e. The molecule has 3 nitrogen and oxygen atoms in total. The van der Waals surface area contributed by atoms with Crippen molar-refractivity contribution >= 4 is 11.7 Å². The molecule has 0 aromatic heterocycles. The maximum Gasteiger partial charge on any atom is 0.323 e. The number of hydrogen-bond acceptors (Lipinski definition) is 2. The van der Waals surface area contributed by atoms with E-state index in [9.17, 15) is 4.79 Å². The summed E-state index contributed by atoms with van der Waals surface area (Å²) in [6.07, 6.45) is 0.944. The quantitative estimate of drug-likeness (QED) is 0.853. The second-order valence-corrected chi connectivity index (χ2v) is 4.56. The van der Waals surface area contributed by atoms with Crippen molar-refractivity contribution in [1.29, 1.82) is 0 Å². The summed E-state index contributed by atoms with van der Waals surface area (Å²) in [5.74, 6) is -0.780. The number of aryl methyl sites for hydroxylation is 3. The van der Waals surface area contributed by atoms with Gasteiger partial charge in [0, 0.05) is 12.2 Å². The van der Waals surface area contributed by atoms with Crippen molar-refractivity contribution in [2.45, 2.75) is 34.1 Å². The minimum atomic E-state index is -0.780. The molecule has 0 aliphatic heterocycles. The summed E-state index contributed by atoms with van der Waals surface area (Å²) in [6.45, 7) is 9.05. The lowest BCUT2D eigenvalue weighted by atomic mass is 10.0. The molecule has 1 N–H and O–H groups in total. The Kier molecular flexibility index (Phi) is 4.55. The van der Waals surface area contributed by atoms with Crippen molar-refractivity contribution < 1.29 is 9.90 Å². The summed E-state index contributed by atoms with van der Waals surface area (Å²) >= 11 is 0. The van der Waals surface area contributed by atoms with Crippen molar-refractivity contribution in [1.82, 2.24) is 0 Å². The number of aliphatic carboxylic acids is 1. The Balaban J connectivity index is 3.13. The fourth-order valence-corrected chi connectivity index (χ4v) is 2.37. The lowest BCUT2D eigenvalue weighted by molar-refractivity contribution is -0.135. The maximum atomic E-state index is 10.9. The first-order chi connectivity index (χ1) is 7.95. The molecule has 1 aromatic carbocycles. The molecule has 1 rings (SSSR count). The lowest BCUT2D eigenvalue weighted by Gasteiger charge is -2.26. The molecule has 94 valence electrons. The Hall–Kier alpha value is -1.51. The van der Waals surface area contributed by atoms with Crippen LogP contribution in [0.1, 0.15) is 30.0 Å². The van der Waals surface area contributed by atoms with Crippen molar-refractivity contribution in [3.8, 4) is 0 Å². The van der Waals surface area contributed by atoms with E-state index in [1.807, 2.05) is 18.7 Å². The van der Waals surface area contributed by atoms with E-state index < -0.39 is 5.97 Å². The second kappa shape index (κ2) is 5.71. The first-order valence-electron chi connectivity index (χ1n) is 6.00. The molecule has 0 amide bonds. The first-order valence-corrected chi connectivity index (χ1v) is 6.00. The van der Waals surface area contributed by atoms with Crippen LogP contribution in [-0.2, 0) is 4.79 Å². The molecule has 17 heavy (non-hydrogen) atoms. The van der Waals surface area contributed by atoms with Gasteiger partial charge < -0.3 is 10.0 Å². The molecule has 0 radical (unpaired) electrons. The first kappa shape index (κ1) is 13.6. The van der Waals surface area contributed by atoms with E-state index in [-0.39, 0.29) is 6.54 Å².